The van der Waals surface area contributed by atoms with Crippen LogP contribution < -0.4 is 0 Å². The molecular formula is C20H19F3N2O2S. The minimum Gasteiger partial charge on any atom is -0.258 e. The predicted molar refractivity (Wildman–Crippen MR) is 101 cm³/mol. The molecule has 8 heteroatoms. The van der Waals surface area contributed by atoms with Crippen molar-refractivity contribution in [3.05, 3.63) is 68.8 Å². The maximum Gasteiger partial charge on any atom is 0.416 e. The van der Waals surface area contributed by atoms with E-state index in [0.29, 0.717) is 24.3 Å². The summed E-state index contributed by atoms with van der Waals surface area (Å²) in [6.07, 6.45) is -2.32. The molecule has 1 heterocycles. The third kappa shape index (κ3) is 3.51. The molecular weight excluding hydrogens is 389 g/mol. The van der Waals surface area contributed by atoms with Crippen molar-refractivity contribution in [2.45, 2.75) is 43.3 Å². The molecule has 1 aliphatic heterocycles. The number of nitro groups is 1. The number of alkyl halides is 3. The van der Waals surface area contributed by atoms with E-state index in [2.05, 4.69) is 11.2 Å². The van der Waals surface area contributed by atoms with Gasteiger partial charge >= 0.3 is 6.18 Å². The van der Waals surface area contributed by atoms with Crippen LogP contribution in [0.4, 0.5) is 18.9 Å². The zero-order chi connectivity index (χ0) is 20.1. The van der Waals surface area contributed by atoms with Crippen LogP contribution in [0.1, 0.15) is 41.6 Å². The van der Waals surface area contributed by atoms with E-state index in [1.165, 1.54) is 24.1 Å². The van der Waals surface area contributed by atoms with E-state index >= 15 is 0 Å². The second-order valence-corrected chi connectivity index (χ2v) is 8.57. The van der Waals surface area contributed by atoms with Crippen molar-refractivity contribution in [1.29, 1.82) is 0 Å². The van der Waals surface area contributed by atoms with Gasteiger partial charge in [0.25, 0.3) is 5.69 Å². The van der Waals surface area contributed by atoms with Gasteiger partial charge in [0.2, 0.25) is 0 Å². The number of rotatable bonds is 2. The van der Waals surface area contributed by atoms with E-state index in [-0.39, 0.29) is 22.6 Å². The lowest BCUT2D eigenvalue weighted by atomic mass is 9.99. The van der Waals surface area contributed by atoms with Crippen LogP contribution in [-0.4, -0.2) is 15.8 Å². The van der Waals surface area contributed by atoms with E-state index in [4.69, 9.17) is 0 Å². The molecule has 2 aromatic carbocycles. The van der Waals surface area contributed by atoms with Gasteiger partial charge in [0.1, 0.15) is 0 Å². The molecule has 0 radical (unpaired) electrons. The van der Waals surface area contributed by atoms with Crippen LogP contribution in [0.5, 0.6) is 0 Å². The second kappa shape index (κ2) is 7.08. The molecule has 4 nitrogen and oxygen atoms in total. The normalized spacial score (nSPS) is 22.4. The highest BCUT2D eigenvalue weighted by molar-refractivity contribution is 7.97. The summed E-state index contributed by atoms with van der Waals surface area (Å²) in [6, 6.07) is 9.04. The van der Waals surface area contributed by atoms with Gasteiger partial charge in [0, 0.05) is 29.1 Å². The Morgan fingerprint density at radius 1 is 1.25 bits per heavy atom. The van der Waals surface area contributed by atoms with Crippen LogP contribution in [0.25, 0.3) is 0 Å². The fourth-order valence-electron chi connectivity index (χ4n) is 4.17. The van der Waals surface area contributed by atoms with Crippen LogP contribution in [0, 0.1) is 16.0 Å². The topological polar surface area (TPSA) is 46.4 Å². The molecule has 2 atom stereocenters. The minimum atomic E-state index is -4.38. The Labute approximate surface area is 165 Å². The molecule has 2 aliphatic rings. The molecule has 28 heavy (non-hydrogen) atoms. The largest absolute Gasteiger partial charge is 0.416 e. The molecule has 148 valence electrons. The van der Waals surface area contributed by atoms with Crippen LogP contribution >= 0.6 is 11.9 Å². The van der Waals surface area contributed by atoms with Crippen LogP contribution in [0.2, 0.25) is 0 Å². The first kappa shape index (κ1) is 19.3. The summed E-state index contributed by atoms with van der Waals surface area (Å²) in [6.45, 7) is 2.80. The smallest absolute Gasteiger partial charge is 0.258 e. The molecule has 0 N–H and O–H groups in total. The molecule has 0 saturated carbocycles. The van der Waals surface area contributed by atoms with Gasteiger partial charge in [-0.2, -0.15) is 13.2 Å². The van der Waals surface area contributed by atoms with Gasteiger partial charge in [0.15, 0.2) is 0 Å². The summed E-state index contributed by atoms with van der Waals surface area (Å²) in [5, 5.41) is 11.3. The van der Waals surface area contributed by atoms with Gasteiger partial charge in [-0.3, -0.25) is 10.1 Å². The van der Waals surface area contributed by atoms with Crippen molar-refractivity contribution in [1.82, 2.24) is 4.31 Å². The Kier molecular flexibility index (Phi) is 4.87. The minimum absolute atomic E-state index is 0.0390. The maximum atomic E-state index is 13.2. The van der Waals surface area contributed by atoms with Crippen LogP contribution in [-0.2, 0) is 19.0 Å². The highest BCUT2D eigenvalue weighted by atomic mass is 32.2. The lowest BCUT2D eigenvalue weighted by Gasteiger charge is -2.28. The fraction of sp³-hybridized carbons (Fsp3) is 0.400. The molecule has 0 bridgehead atoms. The molecule has 4 rings (SSSR count). The summed E-state index contributed by atoms with van der Waals surface area (Å²) >= 11 is 1.35. The third-order valence-electron chi connectivity index (χ3n) is 5.43. The van der Waals surface area contributed by atoms with Gasteiger partial charge in [-0.15, -0.1) is 0 Å². The van der Waals surface area contributed by atoms with Crippen molar-refractivity contribution < 1.29 is 18.1 Å². The number of hydrogen-bond donors (Lipinski definition) is 0. The van der Waals surface area contributed by atoms with Crippen molar-refractivity contribution in [2.75, 3.05) is 6.54 Å². The first-order chi connectivity index (χ1) is 13.2. The number of benzene rings is 2. The molecule has 0 fully saturated rings. The summed E-state index contributed by atoms with van der Waals surface area (Å²) in [4.78, 5) is 11.6. The number of nitrogens with zero attached hydrogens (tertiary/aromatic N) is 2. The fourth-order valence-corrected chi connectivity index (χ4v) is 5.55. The standard InChI is InChI=1S/C20H19F3N2O2S/c1-12-9-13-5-6-14(20(21,22)23)10-19(13)28-24(11-12)17-8-7-16-15(17)3-2-4-18(16)25(26)27/h2-6,10,12,17H,7-9,11H2,1H3/t12-,17?/m0/s1. The molecule has 0 amide bonds. The highest BCUT2D eigenvalue weighted by Crippen LogP contribution is 2.47. The summed E-state index contributed by atoms with van der Waals surface area (Å²) in [5.74, 6) is 0.272. The number of hydrogen-bond acceptors (Lipinski definition) is 4. The highest BCUT2D eigenvalue weighted by Gasteiger charge is 2.36. The average Bonchev–Trinajstić information content (AvgIpc) is 2.97. The second-order valence-electron chi connectivity index (χ2n) is 7.48. The zero-order valence-electron chi connectivity index (χ0n) is 15.2. The predicted octanol–water partition coefficient (Wildman–Crippen LogP) is 5.80. The maximum absolute atomic E-state index is 13.2. The summed E-state index contributed by atoms with van der Waals surface area (Å²) in [7, 11) is 0. The lowest BCUT2D eigenvalue weighted by molar-refractivity contribution is -0.385. The molecule has 0 aromatic heterocycles. The Hall–Kier alpha value is -2.06. The van der Waals surface area contributed by atoms with Gasteiger partial charge in [-0.05, 0) is 60.4 Å². The average molecular weight is 408 g/mol. The van der Waals surface area contributed by atoms with Gasteiger partial charge in [-0.25, -0.2) is 4.31 Å². The number of nitro benzene ring substituents is 1. The van der Waals surface area contributed by atoms with Gasteiger partial charge in [-0.1, -0.05) is 25.1 Å². The monoisotopic (exact) mass is 408 g/mol. The van der Waals surface area contributed by atoms with E-state index < -0.39 is 11.7 Å². The van der Waals surface area contributed by atoms with Gasteiger partial charge < -0.3 is 0 Å². The Balaban J connectivity index is 1.70. The van der Waals surface area contributed by atoms with Crippen LogP contribution in [0.3, 0.4) is 0 Å². The Morgan fingerprint density at radius 3 is 2.75 bits per heavy atom. The lowest BCUT2D eigenvalue weighted by Crippen LogP contribution is -2.25. The Morgan fingerprint density at radius 2 is 2.04 bits per heavy atom. The van der Waals surface area contributed by atoms with Crippen molar-refractivity contribution in [3.63, 3.8) is 0 Å². The third-order valence-corrected chi connectivity index (χ3v) is 6.64. The SMILES string of the molecule is C[C@H]1Cc2ccc(C(F)(F)F)cc2SN(C2CCc3c2cccc3[N+](=O)[O-])C1. The summed E-state index contributed by atoms with van der Waals surface area (Å²) < 4.78 is 41.6. The van der Waals surface area contributed by atoms with E-state index in [1.54, 1.807) is 12.1 Å². The summed E-state index contributed by atoms with van der Waals surface area (Å²) in [5.41, 5.74) is 2.08. The molecule has 1 unspecified atom stereocenters. The van der Waals surface area contributed by atoms with Crippen molar-refractivity contribution in [3.8, 4) is 0 Å². The quantitative estimate of drug-likeness (QED) is 0.358. The molecule has 0 saturated heterocycles. The first-order valence-electron chi connectivity index (χ1n) is 9.15. The number of fused-ring (bicyclic) bond motifs is 2. The van der Waals surface area contributed by atoms with Crippen molar-refractivity contribution in [2.24, 2.45) is 5.92 Å². The van der Waals surface area contributed by atoms with Gasteiger partial charge in [0.05, 0.1) is 10.5 Å². The molecule has 2 aromatic rings. The van der Waals surface area contributed by atoms with E-state index in [1.807, 2.05) is 6.07 Å². The molecule has 0 spiro atoms. The van der Waals surface area contributed by atoms with Crippen molar-refractivity contribution >= 4 is 17.6 Å². The first-order valence-corrected chi connectivity index (χ1v) is 9.92. The van der Waals surface area contributed by atoms with E-state index in [9.17, 15) is 23.3 Å². The Bertz CT molecular complexity index is 932. The van der Waals surface area contributed by atoms with Crippen LogP contribution in [0.15, 0.2) is 41.3 Å². The zero-order valence-corrected chi connectivity index (χ0v) is 16.0. The number of halogens is 3. The molecule has 1 aliphatic carbocycles. The van der Waals surface area contributed by atoms with E-state index in [0.717, 1.165) is 29.2 Å².